The normalized spacial score (nSPS) is 14.6. The van der Waals surface area contributed by atoms with E-state index < -0.39 is 0 Å². The smallest absolute Gasteiger partial charge is 0.227 e. The molecule has 0 saturated carbocycles. The highest BCUT2D eigenvalue weighted by Gasteiger charge is 2.17. The lowest BCUT2D eigenvalue weighted by atomic mass is 10.2. The van der Waals surface area contributed by atoms with Gasteiger partial charge in [-0.1, -0.05) is 37.3 Å². The van der Waals surface area contributed by atoms with Gasteiger partial charge in [0.2, 0.25) is 5.95 Å². The lowest BCUT2D eigenvalue weighted by molar-refractivity contribution is 0.270. The van der Waals surface area contributed by atoms with Crippen LogP contribution < -0.4 is 15.0 Å². The molecule has 1 N–H and O–H groups in total. The van der Waals surface area contributed by atoms with Gasteiger partial charge in [0, 0.05) is 38.1 Å². The summed E-state index contributed by atoms with van der Waals surface area (Å²) in [6, 6.07) is 20.0. The Balaban J connectivity index is 1.34. The third-order valence-electron chi connectivity index (χ3n) is 5.12. The van der Waals surface area contributed by atoms with Crippen LogP contribution in [-0.2, 0) is 6.61 Å². The summed E-state index contributed by atoms with van der Waals surface area (Å²) in [7, 11) is 0. The standard InChI is InChI=1S/C23H27N5O/c1-2-27-14-16-28(17-15-27)23-24-13-12-22(26-23)25-20-8-10-21(11-9-20)29-18-19-6-4-3-5-7-19/h3-13H,2,14-18H2,1H3,(H,24,25,26). The van der Waals surface area contributed by atoms with Gasteiger partial charge in [-0.3, -0.25) is 0 Å². The average Bonchev–Trinajstić information content (AvgIpc) is 2.79. The molecule has 2 aromatic carbocycles. The highest BCUT2D eigenvalue weighted by atomic mass is 16.5. The maximum atomic E-state index is 5.85. The molecule has 0 aliphatic carbocycles. The van der Waals surface area contributed by atoms with Crippen LogP contribution in [0.15, 0.2) is 66.9 Å². The van der Waals surface area contributed by atoms with Crippen LogP contribution in [0, 0.1) is 0 Å². The molecule has 1 aliphatic rings. The first kappa shape index (κ1) is 19.2. The Morgan fingerprint density at radius 1 is 0.931 bits per heavy atom. The third-order valence-corrected chi connectivity index (χ3v) is 5.12. The zero-order valence-electron chi connectivity index (χ0n) is 16.8. The topological polar surface area (TPSA) is 53.5 Å². The highest BCUT2D eigenvalue weighted by molar-refractivity contribution is 5.58. The number of piperazine rings is 1. The van der Waals surface area contributed by atoms with Crippen molar-refractivity contribution >= 4 is 17.5 Å². The Labute approximate surface area is 172 Å². The first-order chi connectivity index (χ1) is 14.3. The quantitative estimate of drug-likeness (QED) is 0.661. The van der Waals surface area contributed by atoms with Crippen LogP contribution in [0.5, 0.6) is 5.75 Å². The molecule has 0 unspecified atom stereocenters. The number of anilines is 3. The number of benzene rings is 2. The summed E-state index contributed by atoms with van der Waals surface area (Å²) in [5.41, 5.74) is 2.13. The number of hydrogen-bond donors (Lipinski definition) is 1. The largest absolute Gasteiger partial charge is 0.489 e. The molecule has 0 spiro atoms. The fourth-order valence-corrected chi connectivity index (χ4v) is 3.36. The number of nitrogens with zero attached hydrogens (tertiary/aromatic N) is 4. The summed E-state index contributed by atoms with van der Waals surface area (Å²) < 4.78 is 5.85. The van der Waals surface area contributed by atoms with Gasteiger partial charge in [-0.25, -0.2) is 4.98 Å². The minimum Gasteiger partial charge on any atom is -0.489 e. The van der Waals surface area contributed by atoms with Gasteiger partial charge in [0.25, 0.3) is 0 Å². The fraction of sp³-hybridized carbons (Fsp3) is 0.304. The SMILES string of the molecule is CCN1CCN(c2nccc(Nc3ccc(OCc4ccccc4)cc3)n2)CC1. The minimum absolute atomic E-state index is 0.564. The zero-order valence-corrected chi connectivity index (χ0v) is 16.8. The van der Waals surface area contributed by atoms with Gasteiger partial charge in [-0.05, 0) is 42.4 Å². The number of likely N-dealkylation sites (N-methyl/N-ethyl adjacent to an activating group) is 1. The van der Waals surface area contributed by atoms with E-state index in [-0.39, 0.29) is 0 Å². The van der Waals surface area contributed by atoms with Gasteiger partial charge in [-0.2, -0.15) is 4.98 Å². The van der Waals surface area contributed by atoms with Crippen molar-refractivity contribution in [1.29, 1.82) is 0 Å². The van der Waals surface area contributed by atoms with Crippen molar-refractivity contribution in [2.24, 2.45) is 0 Å². The molecule has 1 saturated heterocycles. The zero-order chi connectivity index (χ0) is 19.9. The van der Waals surface area contributed by atoms with Crippen LogP contribution in [0.25, 0.3) is 0 Å². The van der Waals surface area contributed by atoms with E-state index in [1.165, 1.54) is 0 Å². The molecule has 29 heavy (non-hydrogen) atoms. The molecule has 150 valence electrons. The van der Waals surface area contributed by atoms with E-state index in [1.807, 2.05) is 54.7 Å². The molecule has 3 aromatic rings. The summed E-state index contributed by atoms with van der Waals surface area (Å²) in [6.45, 7) is 7.91. The number of rotatable bonds is 7. The molecule has 1 aliphatic heterocycles. The molecular formula is C23H27N5O. The molecule has 0 amide bonds. The van der Waals surface area contributed by atoms with Gasteiger partial charge in [0.1, 0.15) is 18.2 Å². The van der Waals surface area contributed by atoms with E-state index in [4.69, 9.17) is 9.72 Å². The van der Waals surface area contributed by atoms with E-state index in [1.54, 1.807) is 0 Å². The van der Waals surface area contributed by atoms with E-state index in [0.29, 0.717) is 6.61 Å². The van der Waals surface area contributed by atoms with Crippen molar-refractivity contribution in [3.8, 4) is 5.75 Å². The molecule has 1 aromatic heterocycles. The van der Waals surface area contributed by atoms with Crippen LogP contribution in [-0.4, -0.2) is 47.6 Å². The Hall–Kier alpha value is -3.12. The van der Waals surface area contributed by atoms with E-state index >= 15 is 0 Å². The fourth-order valence-electron chi connectivity index (χ4n) is 3.36. The second kappa shape index (κ2) is 9.39. The molecule has 6 heteroatoms. The maximum Gasteiger partial charge on any atom is 0.227 e. The minimum atomic E-state index is 0.564. The van der Waals surface area contributed by atoms with Crippen LogP contribution in [0.1, 0.15) is 12.5 Å². The summed E-state index contributed by atoms with van der Waals surface area (Å²) in [5, 5.41) is 3.36. The molecule has 4 rings (SSSR count). The number of ether oxygens (including phenoxy) is 1. The molecule has 2 heterocycles. The van der Waals surface area contributed by atoms with Crippen LogP contribution >= 0.6 is 0 Å². The van der Waals surface area contributed by atoms with Gasteiger partial charge in [-0.15, -0.1) is 0 Å². The molecule has 0 atom stereocenters. The van der Waals surface area contributed by atoms with Crippen molar-refractivity contribution in [3.05, 3.63) is 72.4 Å². The second-order valence-corrected chi connectivity index (χ2v) is 7.09. The molecular weight excluding hydrogens is 362 g/mol. The van der Waals surface area contributed by atoms with Gasteiger partial charge >= 0.3 is 0 Å². The second-order valence-electron chi connectivity index (χ2n) is 7.09. The Kier molecular flexibility index (Phi) is 6.22. The highest BCUT2D eigenvalue weighted by Crippen LogP contribution is 2.21. The van der Waals surface area contributed by atoms with Gasteiger partial charge in [0.15, 0.2) is 0 Å². The summed E-state index contributed by atoms with van der Waals surface area (Å²) in [5.74, 6) is 2.43. The van der Waals surface area contributed by atoms with Crippen molar-refractivity contribution in [3.63, 3.8) is 0 Å². The van der Waals surface area contributed by atoms with Crippen LogP contribution in [0.4, 0.5) is 17.5 Å². The number of hydrogen-bond acceptors (Lipinski definition) is 6. The maximum absolute atomic E-state index is 5.85. The Bertz CT molecular complexity index is 893. The molecule has 6 nitrogen and oxygen atoms in total. The Morgan fingerprint density at radius 3 is 2.41 bits per heavy atom. The number of aromatic nitrogens is 2. The summed E-state index contributed by atoms with van der Waals surface area (Å²) in [4.78, 5) is 13.8. The van der Waals surface area contributed by atoms with Crippen molar-refractivity contribution in [2.45, 2.75) is 13.5 Å². The lowest BCUT2D eigenvalue weighted by Gasteiger charge is -2.34. The lowest BCUT2D eigenvalue weighted by Crippen LogP contribution is -2.46. The average molecular weight is 390 g/mol. The predicted molar refractivity (Wildman–Crippen MR) is 117 cm³/mol. The van der Waals surface area contributed by atoms with Crippen LogP contribution in [0.2, 0.25) is 0 Å². The predicted octanol–water partition coefficient (Wildman–Crippen LogP) is 3.94. The van der Waals surface area contributed by atoms with Crippen molar-refractivity contribution < 1.29 is 4.74 Å². The van der Waals surface area contributed by atoms with E-state index in [0.717, 1.165) is 61.5 Å². The molecule has 0 radical (unpaired) electrons. The monoisotopic (exact) mass is 389 g/mol. The molecule has 1 fully saturated rings. The van der Waals surface area contributed by atoms with E-state index in [9.17, 15) is 0 Å². The van der Waals surface area contributed by atoms with Crippen molar-refractivity contribution in [2.75, 3.05) is 42.9 Å². The van der Waals surface area contributed by atoms with Crippen molar-refractivity contribution in [1.82, 2.24) is 14.9 Å². The third kappa shape index (κ3) is 5.23. The summed E-state index contributed by atoms with van der Waals surface area (Å²) >= 11 is 0. The summed E-state index contributed by atoms with van der Waals surface area (Å²) in [6.07, 6.45) is 1.81. The first-order valence-electron chi connectivity index (χ1n) is 10.1. The van der Waals surface area contributed by atoms with Crippen LogP contribution in [0.3, 0.4) is 0 Å². The van der Waals surface area contributed by atoms with E-state index in [2.05, 4.69) is 39.2 Å². The van der Waals surface area contributed by atoms with Gasteiger partial charge < -0.3 is 19.9 Å². The van der Waals surface area contributed by atoms with Gasteiger partial charge in [0.05, 0.1) is 0 Å². The molecule has 0 bridgehead atoms. The first-order valence-corrected chi connectivity index (χ1v) is 10.1. The Morgan fingerprint density at radius 2 is 1.69 bits per heavy atom. The number of nitrogens with one attached hydrogen (secondary N) is 1.